The van der Waals surface area contributed by atoms with E-state index < -0.39 is 11.9 Å². The third kappa shape index (κ3) is 3.36. The summed E-state index contributed by atoms with van der Waals surface area (Å²) >= 11 is 0. The molecule has 0 aliphatic rings. The molecule has 6 nitrogen and oxygen atoms in total. The molecule has 26 heavy (non-hydrogen) atoms. The molecule has 0 aromatic carbocycles. The molecule has 0 aliphatic carbocycles. The van der Waals surface area contributed by atoms with Gasteiger partial charge in [0.25, 0.3) is 0 Å². The third-order valence-corrected chi connectivity index (χ3v) is 4.31. The van der Waals surface area contributed by atoms with Crippen molar-refractivity contribution in [1.82, 2.24) is 4.68 Å². The van der Waals surface area contributed by atoms with Gasteiger partial charge in [-0.3, -0.25) is 0 Å². The summed E-state index contributed by atoms with van der Waals surface area (Å²) in [7, 11) is 0. The van der Waals surface area contributed by atoms with Crippen LogP contribution in [0, 0.1) is 34.6 Å². The highest BCUT2D eigenvalue weighted by atomic mass is 16.5. The van der Waals surface area contributed by atoms with E-state index in [2.05, 4.69) is 12.1 Å². The van der Waals surface area contributed by atoms with Crippen LogP contribution in [0.25, 0.3) is 0 Å². The average Bonchev–Trinajstić information content (AvgIpc) is 2.79. The monoisotopic (exact) mass is 359 g/mol. The maximum absolute atomic E-state index is 12.6. The van der Waals surface area contributed by atoms with Gasteiger partial charge in [0, 0.05) is 26.0 Å². The van der Waals surface area contributed by atoms with Crippen molar-refractivity contribution in [1.29, 1.82) is 0 Å². The number of carbonyl (C=O) groups is 2. The van der Waals surface area contributed by atoms with Crippen LogP contribution in [0.4, 0.5) is 0 Å². The quantitative estimate of drug-likeness (QED) is 0.608. The molecule has 2 aromatic heterocycles. The molecule has 2 heterocycles. The molecule has 0 radical (unpaired) electrons. The van der Waals surface area contributed by atoms with E-state index in [1.54, 1.807) is 13.8 Å². The Balaban J connectivity index is 2.83. The lowest BCUT2D eigenvalue weighted by atomic mass is 10.1. The fourth-order valence-corrected chi connectivity index (χ4v) is 3.45. The van der Waals surface area contributed by atoms with Gasteiger partial charge in [0.05, 0.1) is 24.6 Å². The highest BCUT2D eigenvalue weighted by Crippen LogP contribution is 2.24. The fourth-order valence-electron chi connectivity index (χ4n) is 3.45. The summed E-state index contributed by atoms with van der Waals surface area (Å²) in [6.45, 7) is 13.6. The molecule has 6 heteroatoms. The van der Waals surface area contributed by atoms with Gasteiger partial charge in [-0.05, 0) is 40.2 Å². The van der Waals surface area contributed by atoms with Gasteiger partial charge in [-0.2, -0.15) is 0 Å². The van der Waals surface area contributed by atoms with Crippen LogP contribution >= 0.6 is 0 Å². The summed E-state index contributed by atoms with van der Waals surface area (Å²) in [5, 5.41) is 0. The number of aromatic nitrogens is 2. The number of rotatable bonds is 5. The van der Waals surface area contributed by atoms with Crippen LogP contribution in [0.3, 0.4) is 0 Å². The second kappa shape index (κ2) is 7.72. The highest BCUT2D eigenvalue weighted by molar-refractivity contribution is 6.05. The lowest BCUT2D eigenvalue weighted by Gasteiger charge is -2.09. The van der Waals surface area contributed by atoms with Gasteiger partial charge in [-0.1, -0.05) is 4.68 Å². The van der Waals surface area contributed by atoms with Crippen LogP contribution in [0.1, 0.15) is 62.9 Å². The smallest absolute Gasteiger partial charge is 0.341 e. The Morgan fingerprint density at radius 1 is 0.846 bits per heavy atom. The minimum atomic E-state index is -0.516. The first-order valence-corrected chi connectivity index (χ1v) is 8.81. The second-order valence-corrected chi connectivity index (χ2v) is 6.30. The summed E-state index contributed by atoms with van der Waals surface area (Å²) in [5.74, 6) is -1.03. The lowest BCUT2D eigenvalue weighted by molar-refractivity contribution is -0.740. The Kier molecular flexibility index (Phi) is 5.85. The number of hydrogen-bond donors (Lipinski definition) is 0. The first-order chi connectivity index (χ1) is 12.2. The summed E-state index contributed by atoms with van der Waals surface area (Å²) in [6.07, 6.45) is 0. The first kappa shape index (κ1) is 19.7. The zero-order valence-corrected chi connectivity index (χ0v) is 16.6. The van der Waals surface area contributed by atoms with Crippen molar-refractivity contribution in [2.24, 2.45) is 0 Å². The maximum Gasteiger partial charge on any atom is 0.341 e. The molecule has 0 atom stereocenters. The number of aryl methyl sites for hydroxylation is 3. The van der Waals surface area contributed by atoms with Crippen LogP contribution in [-0.2, 0) is 9.47 Å². The number of ether oxygens (including phenoxy) is 2. The van der Waals surface area contributed by atoms with Crippen LogP contribution < -0.4 is 4.68 Å². The Hall–Kier alpha value is -2.63. The van der Waals surface area contributed by atoms with E-state index in [-0.39, 0.29) is 24.3 Å². The molecule has 0 aliphatic heterocycles. The zero-order chi connectivity index (χ0) is 19.6. The number of carbonyl (C=O) groups excluding carboxylic acids is 2. The van der Waals surface area contributed by atoms with E-state index in [4.69, 9.17) is 9.47 Å². The van der Waals surface area contributed by atoms with Crippen molar-refractivity contribution >= 4 is 11.9 Å². The van der Waals surface area contributed by atoms with Crippen LogP contribution in [-0.4, -0.2) is 29.8 Å². The van der Waals surface area contributed by atoms with Gasteiger partial charge >= 0.3 is 11.9 Å². The molecule has 0 unspecified atom stereocenters. The minimum absolute atomic E-state index is 0.237. The van der Waals surface area contributed by atoms with E-state index in [0.717, 1.165) is 17.0 Å². The van der Waals surface area contributed by atoms with E-state index >= 15 is 0 Å². The Morgan fingerprint density at radius 3 is 1.58 bits per heavy atom. The van der Waals surface area contributed by atoms with Crippen molar-refractivity contribution in [2.75, 3.05) is 13.2 Å². The van der Waals surface area contributed by atoms with Gasteiger partial charge in [-0.15, -0.1) is 4.68 Å². The first-order valence-electron chi connectivity index (χ1n) is 8.81. The fraction of sp³-hybridized carbons (Fsp3) is 0.450. The number of pyridine rings is 1. The van der Waals surface area contributed by atoms with E-state index in [0.29, 0.717) is 11.4 Å². The molecule has 0 spiro atoms. The highest BCUT2D eigenvalue weighted by Gasteiger charge is 2.34. The molecule has 140 valence electrons. The van der Waals surface area contributed by atoms with E-state index in [1.807, 2.05) is 44.0 Å². The summed E-state index contributed by atoms with van der Waals surface area (Å²) in [6, 6.07) is 4.11. The van der Waals surface area contributed by atoms with Crippen molar-refractivity contribution < 1.29 is 23.7 Å². The summed E-state index contributed by atoms with van der Waals surface area (Å²) in [5.41, 5.74) is 4.94. The van der Waals surface area contributed by atoms with E-state index in [9.17, 15) is 9.59 Å². The van der Waals surface area contributed by atoms with Crippen LogP contribution in [0.15, 0.2) is 12.1 Å². The maximum atomic E-state index is 12.6. The summed E-state index contributed by atoms with van der Waals surface area (Å²) < 4.78 is 14.3. The molecule has 2 rings (SSSR count). The van der Waals surface area contributed by atoms with Gasteiger partial charge in [0.15, 0.2) is 0 Å². The molecule has 0 N–H and O–H groups in total. The molecule has 0 saturated carbocycles. The predicted molar refractivity (Wildman–Crippen MR) is 97.5 cm³/mol. The van der Waals surface area contributed by atoms with Crippen molar-refractivity contribution in [3.05, 3.63) is 51.6 Å². The number of esters is 2. The predicted octanol–water partition coefficient (Wildman–Crippen LogP) is 2.98. The van der Waals surface area contributed by atoms with Gasteiger partial charge < -0.3 is 9.47 Å². The van der Waals surface area contributed by atoms with Crippen molar-refractivity contribution in [3.8, 4) is 0 Å². The molecule has 0 fully saturated rings. The van der Waals surface area contributed by atoms with Crippen molar-refractivity contribution in [2.45, 2.75) is 48.5 Å². The van der Waals surface area contributed by atoms with Crippen molar-refractivity contribution in [3.63, 3.8) is 0 Å². The van der Waals surface area contributed by atoms with Crippen LogP contribution in [0.2, 0.25) is 0 Å². The molecular weight excluding hydrogens is 332 g/mol. The molecule has 0 saturated heterocycles. The van der Waals surface area contributed by atoms with Crippen LogP contribution in [0.5, 0.6) is 0 Å². The molecule has 0 amide bonds. The van der Waals surface area contributed by atoms with Gasteiger partial charge in [0.1, 0.15) is 11.1 Å². The van der Waals surface area contributed by atoms with E-state index in [1.165, 1.54) is 0 Å². The Labute approximate surface area is 154 Å². The van der Waals surface area contributed by atoms with Gasteiger partial charge in [0.2, 0.25) is 11.4 Å². The molecule has 0 bridgehead atoms. The largest absolute Gasteiger partial charge is 0.462 e. The summed E-state index contributed by atoms with van der Waals surface area (Å²) in [4.78, 5) is 25.1. The number of hydrogen-bond acceptors (Lipinski definition) is 4. The molecular formula is C20H27N2O4+. The average molecular weight is 359 g/mol. The topological polar surface area (TPSA) is 61.4 Å². The lowest BCUT2D eigenvalue weighted by Crippen LogP contribution is -2.49. The van der Waals surface area contributed by atoms with Gasteiger partial charge in [-0.25, -0.2) is 9.59 Å². The Morgan fingerprint density at radius 2 is 1.23 bits per heavy atom. The second-order valence-electron chi connectivity index (χ2n) is 6.30. The standard InChI is InChI=1S/C20H27N2O4/c1-8-25-19(23)17-15(6)22(16(7)18(17)20(24)26-9-2)21-13(4)10-12(3)11-14(21)5/h10-11H,8-9H2,1-7H3/q+1. The minimum Gasteiger partial charge on any atom is -0.462 e. The Bertz CT molecular complexity index is 801. The SMILES string of the molecule is CCOC(=O)c1c(C(=O)OCC)c(C)n(-[n+]2c(C)cc(C)cc2C)c1C. The normalized spacial score (nSPS) is 10.7. The molecule has 2 aromatic rings. The zero-order valence-electron chi connectivity index (χ0n) is 16.6. The number of nitrogens with zero attached hydrogens (tertiary/aromatic N) is 2. The third-order valence-electron chi connectivity index (χ3n) is 4.31.